The van der Waals surface area contributed by atoms with E-state index in [2.05, 4.69) is 94.6 Å². The van der Waals surface area contributed by atoms with E-state index in [1.54, 1.807) is 0 Å². The summed E-state index contributed by atoms with van der Waals surface area (Å²) in [7, 11) is 20.7. The molecule has 0 amide bonds. The Balaban J connectivity index is -0.000000383. The number of piperidine rings is 1. The standard InChI is InChI=1S/C6H16N2.C6H13NO.C5H11NO.C5H11N.C4H10.C3H9N/c1-7(2)5-6-8(3)4;1-7-4-2-6(8)3-5-7;1-6-2-4-7-5-3-6;1-6-4-2-3-5-6;2*1-4(2)3/h5-6H2,1-4H3;6,8H,2-5H2,1H3;2-5H2,1H3;2-5H2,1H3;4H,1-3H3;1-3H3. The number of aliphatic hydroxyl groups is 1. The summed E-state index contributed by atoms with van der Waals surface area (Å²) in [6.45, 7) is 17.6. The van der Waals surface area contributed by atoms with E-state index >= 15 is 0 Å². The molecule has 8 nitrogen and oxygen atoms in total. The minimum absolute atomic E-state index is 0.0220. The zero-order valence-electron chi connectivity index (χ0n) is 27.6. The highest BCUT2D eigenvalue weighted by molar-refractivity contribution is 4.67. The molecule has 3 aliphatic heterocycles. The summed E-state index contributed by atoms with van der Waals surface area (Å²) in [4.78, 5) is 13.2. The topological polar surface area (TPSA) is 48.9 Å². The fourth-order valence-corrected chi connectivity index (χ4v) is 2.92. The maximum absolute atomic E-state index is 9.00. The van der Waals surface area contributed by atoms with E-state index < -0.39 is 0 Å². The molecular formula is C29H70N6O2. The largest absolute Gasteiger partial charge is 0.393 e. The fraction of sp³-hybridized carbons (Fsp3) is 1.00. The highest BCUT2D eigenvalue weighted by atomic mass is 16.5. The number of hydrogen-bond donors (Lipinski definition) is 1. The zero-order valence-corrected chi connectivity index (χ0v) is 27.6. The molecule has 0 radical (unpaired) electrons. The second-order valence-corrected chi connectivity index (χ2v) is 12.1. The smallest absolute Gasteiger partial charge is 0.0594 e. The summed E-state index contributed by atoms with van der Waals surface area (Å²) in [6.07, 6.45) is 4.71. The van der Waals surface area contributed by atoms with Crippen molar-refractivity contribution in [3.05, 3.63) is 0 Å². The van der Waals surface area contributed by atoms with Gasteiger partial charge in [-0.05, 0) is 115 Å². The van der Waals surface area contributed by atoms with Gasteiger partial charge in [-0.3, -0.25) is 0 Å². The fourth-order valence-electron chi connectivity index (χ4n) is 2.92. The number of rotatable bonds is 3. The van der Waals surface area contributed by atoms with Gasteiger partial charge in [0, 0.05) is 39.3 Å². The van der Waals surface area contributed by atoms with Crippen LogP contribution in [0.4, 0.5) is 0 Å². The summed E-state index contributed by atoms with van der Waals surface area (Å²) >= 11 is 0. The first-order valence-corrected chi connectivity index (χ1v) is 14.4. The number of hydrogen-bond acceptors (Lipinski definition) is 8. The molecule has 0 spiro atoms. The van der Waals surface area contributed by atoms with Gasteiger partial charge in [-0.2, -0.15) is 0 Å². The Kier molecular flexibility index (Phi) is 31.9. The van der Waals surface area contributed by atoms with Crippen LogP contribution < -0.4 is 0 Å². The van der Waals surface area contributed by atoms with Gasteiger partial charge in [0.05, 0.1) is 19.3 Å². The van der Waals surface area contributed by atoms with Crippen molar-refractivity contribution in [2.24, 2.45) is 5.92 Å². The molecule has 3 rings (SSSR count). The van der Waals surface area contributed by atoms with Crippen molar-refractivity contribution < 1.29 is 9.84 Å². The van der Waals surface area contributed by atoms with Gasteiger partial charge in [0.25, 0.3) is 0 Å². The van der Waals surface area contributed by atoms with Crippen molar-refractivity contribution in [3.63, 3.8) is 0 Å². The van der Waals surface area contributed by atoms with E-state index in [-0.39, 0.29) is 6.10 Å². The first-order chi connectivity index (χ1) is 17.2. The molecule has 8 heteroatoms. The lowest BCUT2D eigenvalue weighted by Gasteiger charge is -2.25. The molecule has 0 atom stereocenters. The molecule has 0 aromatic rings. The summed E-state index contributed by atoms with van der Waals surface area (Å²) < 4.78 is 5.10. The Hall–Kier alpha value is -0.320. The third kappa shape index (κ3) is 45.9. The summed E-state index contributed by atoms with van der Waals surface area (Å²) in [5.74, 6) is 0.833. The molecular weight excluding hydrogens is 464 g/mol. The van der Waals surface area contributed by atoms with Crippen molar-refractivity contribution >= 4 is 0 Å². The second kappa shape index (κ2) is 28.7. The van der Waals surface area contributed by atoms with Gasteiger partial charge in [-0.15, -0.1) is 0 Å². The number of nitrogens with zero attached hydrogens (tertiary/aromatic N) is 6. The third-order valence-corrected chi connectivity index (χ3v) is 5.25. The molecule has 37 heavy (non-hydrogen) atoms. The minimum atomic E-state index is -0.0220. The van der Waals surface area contributed by atoms with Crippen LogP contribution in [0.25, 0.3) is 0 Å². The maximum Gasteiger partial charge on any atom is 0.0594 e. The van der Waals surface area contributed by atoms with Crippen LogP contribution in [0.2, 0.25) is 0 Å². The Morgan fingerprint density at radius 2 is 0.946 bits per heavy atom. The van der Waals surface area contributed by atoms with Crippen LogP contribution in [0, 0.1) is 5.92 Å². The monoisotopic (exact) mass is 535 g/mol. The second-order valence-electron chi connectivity index (χ2n) is 12.1. The van der Waals surface area contributed by atoms with E-state index in [1.165, 1.54) is 25.9 Å². The van der Waals surface area contributed by atoms with Crippen molar-refractivity contribution in [2.75, 3.05) is 136 Å². The summed E-state index contributed by atoms with van der Waals surface area (Å²) in [5.41, 5.74) is 0. The molecule has 0 aromatic carbocycles. The normalized spacial score (nSPS) is 19.0. The van der Waals surface area contributed by atoms with Gasteiger partial charge in [-0.1, -0.05) is 20.8 Å². The van der Waals surface area contributed by atoms with Crippen LogP contribution in [-0.2, 0) is 4.74 Å². The molecule has 3 aliphatic rings. The van der Waals surface area contributed by atoms with Crippen molar-refractivity contribution in [2.45, 2.75) is 52.6 Å². The Morgan fingerprint density at radius 1 is 0.649 bits per heavy atom. The molecule has 3 fully saturated rings. The maximum atomic E-state index is 9.00. The first kappa shape index (κ1) is 41.2. The van der Waals surface area contributed by atoms with E-state index in [0.717, 1.165) is 71.2 Å². The SMILES string of the molecule is CC(C)C.CN(C)C.CN(C)CCN(C)C.CN1CCC(O)CC1.CN1CCCC1.CN1CCOCC1. The summed E-state index contributed by atoms with van der Waals surface area (Å²) in [6, 6.07) is 0. The average Bonchev–Trinajstić information content (AvgIpc) is 3.26. The van der Waals surface area contributed by atoms with Crippen LogP contribution in [0.3, 0.4) is 0 Å². The molecule has 0 bridgehead atoms. The number of likely N-dealkylation sites (N-methyl/N-ethyl adjacent to an activating group) is 3. The number of ether oxygens (including phenoxy) is 1. The zero-order chi connectivity index (χ0) is 29.2. The Morgan fingerprint density at radius 3 is 1.14 bits per heavy atom. The van der Waals surface area contributed by atoms with Crippen LogP contribution in [-0.4, -0.2) is 177 Å². The summed E-state index contributed by atoms with van der Waals surface area (Å²) in [5, 5.41) is 9.00. The molecule has 3 saturated heterocycles. The Labute approximate surface area is 233 Å². The minimum Gasteiger partial charge on any atom is -0.393 e. The predicted octanol–water partition coefficient (Wildman–Crippen LogP) is 2.68. The van der Waals surface area contributed by atoms with Crippen molar-refractivity contribution in [3.8, 4) is 0 Å². The molecule has 0 aromatic heterocycles. The van der Waals surface area contributed by atoms with Gasteiger partial charge in [0.15, 0.2) is 0 Å². The predicted molar refractivity (Wildman–Crippen MR) is 165 cm³/mol. The molecule has 0 unspecified atom stereocenters. The van der Waals surface area contributed by atoms with E-state index in [1.807, 2.05) is 26.0 Å². The van der Waals surface area contributed by atoms with Gasteiger partial charge in [0.1, 0.15) is 0 Å². The van der Waals surface area contributed by atoms with E-state index in [0.29, 0.717) is 0 Å². The van der Waals surface area contributed by atoms with Crippen molar-refractivity contribution in [1.29, 1.82) is 0 Å². The van der Waals surface area contributed by atoms with Crippen LogP contribution in [0.5, 0.6) is 0 Å². The van der Waals surface area contributed by atoms with Crippen LogP contribution >= 0.6 is 0 Å². The highest BCUT2D eigenvalue weighted by Gasteiger charge is 2.12. The average molecular weight is 535 g/mol. The lowest BCUT2D eigenvalue weighted by Crippen LogP contribution is -2.32. The van der Waals surface area contributed by atoms with Gasteiger partial charge < -0.3 is 39.2 Å². The highest BCUT2D eigenvalue weighted by Crippen LogP contribution is 2.06. The van der Waals surface area contributed by atoms with Gasteiger partial charge in [0.2, 0.25) is 0 Å². The number of morpholine rings is 1. The van der Waals surface area contributed by atoms with E-state index in [4.69, 9.17) is 9.84 Å². The molecule has 228 valence electrons. The molecule has 0 saturated carbocycles. The third-order valence-electron chi connectivity index (χ3n) is 5.25. The number of aliphatic hydroxyl groups excluding tert-OH is 1. The van der Waals surface area contributed by atoms with Crippen LogP contribution in [0.1, 0.15) is 46.5 Å². The van der Waals surface area contributed by atoms with E-state index in [9.17, 15) is 0 Å². The van der Waals surface area contributed by atoms with Crippen LogP contribution in [0.15, 0.2) is 0 Å². The Bertz CT molecular complexity index is 389. The molecule has 1 N–H and O–H groups in total. The van der Waals surface area contributed by atoms with Crippen molar-refractivity contribution in [1.82, 2.24) is 29.4 Å². The van der Waals surface area contributed by atoms with Gasteiger partial charge >= 0.3 is 0 Å². The lowest BCUT2D eigenvalue weighted by molar-refractivity contribution is 0.0503. The quantitative estimate of drug-likeness (QED) is 0.593. The number of likely N-dealkylation sites (tertiary alicyclic amines) is 2. The lowest BCUT2D eigenvalue weighted by atomic mass is 10.1. The molecule has 0 aliphatic carbocycles. The first-order valence-electron chi connectivity index (χ1n) is 14.4. The molecule has 3 heterocycles. The van der Waals surface area contributed by atoms with Gasteiger partial charge in [-0.25, -0.2) is 0 Å².